The number of H-pyrrole nitrogens is 1. The highest BCUT2D eigenvalue weighted by Crippen LogP contribution is 2.31. The fourth-order valence-electron chi connectivity index (χ4n) is 2.37. The number of benzene rings is 1. The molecule has 0 atom stereocenters. The van der Waals surface area contributed by atoms with Crippen molar-refractivity contribution in [3.8, 4) is 11.5 Å². The number of hydrogen-bond acceptors (Lipinski definition) is 6. The summed E-state index contributed by atoms with van der Waals surface area (Å²) >= 11 is 0. The van der Waals surface area contributed by atoms with Gasteiger partial charge >= 0.3 is 5.97 Å². The smallest absolute Gasteiger partial charge is 0.325 e. The Morgan fingerprint density at radius 3 is 2.80 bits per heavy atom. The van der Waals surface area contributed by atoms with E-state index in [2.05, 4.69) is 15.0 Å². The van der Waals surface area contributed by atoms with Crippen LogP contribution in [0.3, 0.4) is 0 Å². The number of pyridine rings is 1. The van der Waals surface area contributed by atoms with Crippen molar-refractivity contribution < 1.29 is 24.2 Å². The number of aromatic hydroxyl groups is 1. The molecule has 1 fully saturated rings. The van der Waals surface area contributed by atoms with E-state index in [1.54, 1.807) is 18.2 Å². The predicted molar refractivity (Wildman–Crippen MR) is 88.8 cm³/mol. The minimum atomic E-state index is -0.861. The van der Waals surface area contributed by atoms with Crippen molar-refractivity contribution in [1.29, 1.82) is 0 Å². The number of rotatable bonds is 6. The second-order valence-electron chi connectivity index (χ2n) is 5.90. The SMILES string of the molecule is COC(=O)CNC(=O)c1c(O)c2ccc(OCC3CC3)cc2[nH]c1=O. The molecule has 8 nitrogen and oxygen atoms in total. The summed E-state index contributed by atoms with van der Waals surface area (Å²) in [4.78, 5) is 37.9. The number of methoxy groups -OCH3 is 1. The Balaban J connectivity index is 1.87. The molecule has 1 amide bonds. The lowest BCUT2D eigenvalue weighted by atomic mass is 10.1. The number of aromatic amines is 1. The highest BCUT2D eigenvalue weighted by Gasteiger charge is 2.23. The summed E-state index contributed by atoms with van der Waals surface area (Å²) < 4.78 is 10.0. The van der Waals surface area contributed by atoms with Gasteiger partial charge in [0.25, 0.3) is 11.5 Å². The van der Waals surface area contributed by atoms with Crippen LogP contribution in [-0.2, 0) is 9.53 Å². The van der Waals surface area contributed by atoms with Gasteiger partial charge in [0, 0.05) is 11.5 Å². The van der Waals surface area contributed by atoms with Crippen LogP contribution in [0.2, 0.25) is 0 Å². The van der Waals surface area contributed by atoms with Crippen molar-refractivity contribution in [3.05, 3.63) is 34.1 Å². The first-order valence-corrected chi connectivity index (χ1v) is 7.86. The number of hydrogen-bond donors (Lipinski definition) is 3. The Kier molecular flexibility index (Phi) is 4.60. The van der Waals surface area contributed by atoms with Crippen molar-refractivity contribution >= 4 is 22.8 Å². The van der Waals surface area contributed by atoms with Crippen LogP contribution >= 0.6 is 0 Å². The first-order chi connectivity index (χ1) is 12.0. The highest BCUT2D eigenvalue weighted by atomic mass is 16.5. The lowest BCUT2D eigenvalue weighted by Gasteiger charge is -2.10. The molecule has 1 aromatic carbocycles. The van der Waals surface area contributed by atoms with Gasteiger partial charge in [-0.05, 0) is 30.9 Å². The van der Waals surface area contributed by atoms with Gasteiger partial charge < -0.3 is 24.9 Å². The summed E-state index contributed by atoms with van der Waals surface area (Å²) in [5, 5.41) is 12.8. The molecule has 0 spiro atoms. The molecule has 0 saturated heterocycles. The van der Waals surface area contributed by atoms with Crippen LogP contribution in [0.25, 0.3) is 10.9 Å². The van der Waals surface area contributed by atoms with Gasteiger partial charge in [0.15, 0.2) is 0 Å². The summed E-state index contributed by atoms with van der Waals surface area (Å²) in [7, 11) is 1.18. The molecule has 8 heteroatoms. The lowest BCUT2D eigenvalue weighted by Crippen LogP contribution is -2.34. The van der Waals surface area contributed by atoms with Crippen molar-refractivity contribution in [1.82, 2.24) is 10.3 Å². The number of amides is 1. The highest BCUT2D eigenvalue weighted by molar-refractivity contribution is 6.03. The second kappa shape index (κ2) is 6.84. The second-order valence-corrected chi connectivity index (χ2v) is 5.90. The number of carbonyl (C=O) groups excluding carboxylic acids is 2. The Morgan fingerprint density at radius 1 is 1.36 bits per heavy atom. The average Bonchev–Trinajstić information content (AvgIpc) is 3.41. The molecule has 3 N–H and O–H groups in total. The third kappa shape index (κ3) is 3.73. The fourth-order valence-corrected chi connectivity index (χ4v) is 2.37. The minimum absolute atomic E-state index is 0.307. The molecule has 1 aliphatic carbocycles. The molecule has 0 aliphatic heterocycles. The zero-order chi connectivity index (χ0) is 18.0. The Labute approximate surface area is 142 Å². The van der Waals surface area contributed by atoms with E-state index in [0.29, 0.717) is 29.2 Å². The summed E-state index contributed by atoms with van der Waals surface area (Å²) in [6.07, 6.45) is 2.32. The standard InChI is InChI=1S/C17H18N2O6/c1-24-13(20)7-18-16(22)14-15(21)11-5-4-10(25-8-9-2-3-9)6-12(11)19-17(14)23/h4-6,9H,2-3,7-8H2,1H3,(H,18,22)(H2,19,21,23). The van der Waals surface area contributed by atoms with Gasteiger partial charge in [-0.25, -0.2) is 0 Å². The predicted octanol–water partition coefficient (Wildman–Crippen LogP) is 0.925. The van der Waals surface area contributed by atoms with Gasteiger partial charge in [-0.3, -0.25) is 14.4 Å². The van der Waals surface area contributed by atoms with Crippen LogP contribution in [0, 0.1) is 5.92 Å². The van der Waals surface area contributed by atoms with Crippen LogP contribution in [-0.4, -0.2) is 42.2 Å². The van der Waals surface area contributed by atoms with E-state index in [1.165, 1.54) is 7.11 Å². The molecule has 1 saturated carbocycles. The van der Waals surface area contributed by atoms with Gasteiger partial charge in [0.2, 0.25) is 0 Å². The van der Waals surface area contributed by atoms with Crippen LogP contribution < -0.4 is 15.6 Å². The number of esters is 1. The van der Waals surface area contributed by atoms with Crippen LogP contribution in [0.4, 0.5) is 0 Å². The van der Waals surface area contributed by atoms with E-state index in [9.17, 15) is 19.5 Å². The molecular weight excluding hydrogens is 328 g/mol. The normalized spacial score (nSPS) is 13.5. The lowest BCUT2D eigenvalue weighted by molar-refractivity contribution is -0.139. The summed E-state index contributed by atoms with van der Waals surface area (Å²) in [5.41, 5.74) is -0.852. The third-order valence-electron chi connectivity index (χ3n) is 3.99. The number of ether oxygens (including phenoxy) is 2. The van der Waals surface area contributed by atoms with Crippen LogP contribution in [0.1, 0.15) is 23.2 Å². The molecule has 0 unspecified atom stereocenters. The van der Waals surface area contributed by atoms with Crippen molar-refractivity contribution in [2.45, 2.75) is 12.8 Å². The quantitative estimate of drug-likeness (QED) is 0.670. The monoisotopic (exact) mass is 346 g/mol. The maximum absolute atomic E-state index is 12.2. The first kappa shape index (κ1) is 16.8. The minimum Gasteiger partial charge on any atom is -0.506 e. The molecule has 25 heavy (non-hydrogen) atoms. The number of aromatic nitrogens is 1. The molecular formula is C17H18N2O6. The molecule has 0 bridgehead atoms. The molecule has 0 radical (unpaired) electrons. The number of carbonyl (C=O) groups is 2. The Hall–Kier alpha value is -3.03. The Morgan fingerprint density at radius 2 is 2.12 bits per heavy atom. The zero-order valence-corrected chi connectivity index (χ0v) is 13.6. The van der Waals surface area contributed by atoms with Crippen molar-refractivity contribution in [2.24, 2.45) is 5.92 Å². The fraction of sp³-hybridized carbons (Fsp3) is 0.353. The van der Waals surface area contributed by atoms with Crippen molar-refractivity contribution in [2.75, 3.05) is 20.3 Å². The molecule has 132 valence electrons. The van der Waals surface area contributed by atoms with Gasteiger partial charge in [0.05, 0.1) is 19.2 Å². The van der Waals surface area contributed by atoms with E-state index in [4.69, 9.17) is 4.74 Å². The number of nitrogens with one attached hydrogen (secondary N) is 2. The number of fused-ring (bicyclic) bond motifs is 1. The largest absolute Gasteiger partial charge is 0.506 e. The van der Waals surface area contributed by atoms with E-state index in [0.717, 1.165) is 12.8 Å². The van der Waals surface area contributed by atoms with Crippen molar-refractivity contribution in [3.63, 3.8) is 0 Å². The summed E-state index contributed by atoms with van der Waals surface area (Å²) in [5.74, 6) is -0.807. The molecule has 1 heterocycles. The van der Waals surface area contributed by atoms with Gasteiger partial charge in [-0.2, -0.15) is 0 Å². The topological polar surface area (TPSA) is 118 Å². The van der Waals surface area contributed by atoms with E-state index in [1.807, 2.05) is 0 Å². The average molecular weight is 346 g/mol. The van der Waals surface area contributed by atoms with Gasteiger partial charge in [-0.1, -0.05) is 0 Å². The first-order valence-electron chi connectivity index (χ1n) is 7.86. The molecule has 1 aromatic heterocycles. The third-order valence-corrected chi connectivity index (χ3v) is 3.99. The van der Waals surface area contributed by atoms with E-state index < -0.39 is 35.3 Å². The van der Waals surface area contributed by atoms with Crippen LogP contribution in [0.15, 0.2) is 23.0 Å². The Bertz CT molecular complexity index is 885. The summed E-state index contributed by atoms with van der Waals surface area (Å²) in [6, 6.07) is 4.84. The molecule has 2 aromatic rings. The van der Waals surface area contributed by atoms with E-state index >= 15 is 0 Å². The summed E-state index contributed by atoms with van der Waals surface area (Å²) in [6.45, 7) is 0.218. The zero-order valence-electron chi connectivity index (χ0n) is 13.6. The maximum atomic E-state index is 12.2. The molecule has 3 rings (SSSR count). The molecule has 1 aliphatic rings. The van der Waals surface area contributed by atoms with Crippen LogP contribution in [0.5, 0.6) is 11.5 Å². The van der Waals surface area contributed by atoms with Gasteiger partial charge in [-0.15, -0.1) is 0 Å². The van der Waals surface area contributed by atoms with E-state index in [-0.39, 0.29) is 0 Å². The maximum Gasteiger partial charge on any atom is 0.325 e. The van der Waals surface area contributed by atoms with Gasteiger partial charge in [0.1, 0.15) is 23.6 Å².